The van der Waals surface area contributed by atoms with Gasteiger partial charge in [-0.05, 0) is 24.4 Å². The smallest absolute Gasteiger partial charge is 0.259 e. The highest BCUT2D eigenvalue weighted by Crippen LogP contribution is 2.14. The summed E-state index contributed by atoms with van der Waals surface area (Å²) in [4.78, 5) is 17.9. The van der Waals surface area contributed by atoms with Crippen LogP contribution in [0.1, 0.15) is 19.5 Å². The van der Waals surface area contributed by atoms with Crippen LogP contribution in [0.4, 0.5) is 5.82 Å². The number of rotatable bonds is 0. The van der Waals surface area contributed by atoms with Crippen molar-refractivity contribution in [1.82, 2.24) is 9.97 Å². The van der Waals surface area contributed by atoms with Crippen LogP contribution < -0.4 is 11.3 Å². The Morgan fingerprint density at radius 1 is 1.40 bits per heavy atom. The first-order valence-electron chi connectivity index (χ1n) is 4.93. The van der Waals surface area contributed by atoms with Crippen molar-refractivity contribution in [3.05, 3.63) is 34.4 Å². The van der Waals surface area contributed by atoms with Gasteiger partial charge in [-0.2, -0.15) is 0 Å². The summed E-state index contributed by atoms with van der Waals surface area (Å²) >= 11 is 0. The molecule has 0 spiro atoms. The van der Waals surface area contributed by atoms with Crippen LogP contribution in [-0.2, 0) is 0 Å². The monoisotopic (exact) mass is 205 g/mol. The van der Waals surface area contributed by atoms with Crippen LogP contribution in [0, 0.1) is 6.92 Å². The Bertz CT molecular complexity index is 517. The molecule has 2 rings (SSSR count). The average Bonchev–Trinajstić information content (AvgIpc) is 2.19. The molecule has 0 aliphatic heterocycles. The Hall–Kier alpha value is -1.84. The lowest BCUT2D eigenvalue weighted by atomic mass is 10.2. The van der Waals surface area contributed by atoms with Gasteiger partial charge in [0.25, 0.3) is 5.56 Å². The average molecular weight is 205 g/mol. The van der Waals surface area contributed by atoms with E-state index in [4.69, 9.17) is 5.73 Å². The van der Waals surface area contributed by atoms with Gasteiger partial charge in [-0.25, -0.2) is 4.98 Å². The molecule has 0 fully saturated rings. The van der Waals surface area contributed by atoms with Crippen LogP contribution >= 0.6 is 0 Å². The van der Waals surface area contributed by atoms with E-state index in [1.807, 2.05) is 32.9 Å². The summed E-state index contributed by atoms with van der Waals surface area (Å²) in [6.45, 7) is 5.84. The molecule has 3 N–H and O–H groups in total. The van der Waals surface area contributed by atoms with E-state index < -0.39 is 0 Å². The van der Waals surface area contributed by atoms with E-state index in [1.54, 1.807) is 6.20 Å². The molecule has 2 aromatic rings. The van der Waals surface area contributed by atoms with E-state index in [9.17, 15) is 4.79 Å². The topological polar surface area (TPSA) is 71.8 Å². The van der Waals surface area contributed by atoms with Crippen molar-refractivity contribution in [1.29, 1.82) is 0 Å². The lowest BCUT2D eigenvalue weighted by Crippen LogP contribution is -2.08. The number of nitrogen functional groups attached to an aromatic ring is 1. The highest BCUT2D eigenvalue weighted by Gasteiger charge is 2.03. The van der Waals surface area contributed by atoms with Gasteiger partial charge in [0, 0.05) is 11.9 Å². The second-order valence-corrected chi connectivity index (χ2v) is 2.92. The molecular weight excluding hydrogens is 190 g/mol. The molecule has 2 aromatic heterocycles. The molecule has 4 nitrogen and oxygen atoms in total. The maximum atomic E-state index is 11.3. The van der Waals surface area contributed by atoms with Crippen molar-refractivity contribution in [2.45, 2.75) is 20.8 Å². The zero-order valence-corrected chi connectivity index (χ0v) is 9.16. The van der Waals surface area contributed by atoms with E-state index in [-0.39, 0.29) is 11.4 Å². The number of pyridine rings is 2. The van der Waals surface area contributed by atoms with Gasteiger partial charge in [0.1, 0.15) is 5.82 Å². The number of hydrogen-bond donors (Lipinski definition) is 2. The van der Waals surface area contributed by atoms with E-state index in [1.165, 1.54) is 0 Å². The van der Waals surface area contributed by atoms with Crippen LogP contribution in [0.15, 0.2) is 23.1 Å². The Labute approximate surface area is 88.2 Å². The zero-order valence-electron chi connectivity index (χ0n) is 9.16. The molecule has 4 heteroatoms. The van der Waals surface area contributed by atoms with Crippen LogP contribution in [0.3, 0.4) is 0 Å². The Kier molecular flexibility index (Phi) is 3.44. The van der Waals surface area contributed by atoms with Crippen molar-refractivity contribution in [3.8, 4) is 0 Å². The molecule has 0 aliphatic carbocycles. The number of nitrogens with zero attached hydrogens (tertiary/aromatic N) is 1. The van der Waals surface area contributed by atoms with E-state index >= 15 is 0 Å². The highest BCUT2D eigenvalue weighted by molar-refractivity contribution is 5.90. The van der Waals surface area contributed by atoms with Crippen LogP contribution in [-0.4, -0.2) is 9.97 Å². The minimum absolute atomic E-state index is 0.192. The van der Waals surface area contributed by atoms with Gasteiger partial charge in [0.05, 0.1) is 5.39 Å². The summed E-state index contributed by atoms with van der Waals surface area (Å²) in [5.74, 6) is 0.289. The first kappa shape index (κ1) is 11.2. The fourth-order valence-electron chi connectivity index (χ4n) is 1.38. The predicted octanol–water partition coefficient (Wildman–Crippen LogP) is 1.84. The molecular formula is C11H15N3O. The summed E-state index contributed by atoms with van der Waals surface area (Å²) in [7, 11) is 0. The molecule has 15 heavy (non-hydrogen) atoms. The van der Waals surface area contributed by atoms with Crippen molar-refractivity contribution in [3.63, 3.8) is 0 Å². The number of H-pyrrole nitrogens is 1. The third-order valence-electron chi connectivity index (χ3n) is 1.91. The zero-order chi connectivity index (χ0) is 11.4. The maximum Gasteiger partial charge on any atom is 0.259 e. The van der Waals surface area contributed by atoms with Crippen molar-refractivity contribution >= 4 is 16.6 Å². The number of nitrogens with two attached hydrogens (primary N) is 1. The quantitative estimate of drug-likeness (QED) is 0.689. The van der Waals surface area contributed by atoms with Crippen LogP contribution in [0.25, 0.3) is 10.8 Å². The lowest BCUT2D eigenvalue weighted by molar-refractivity contribution is 1.21. The largest absolute Gasteiger partial charge is 0.383 e. The number of anilines is 1. The standard InChI is InChI=1S/C9H9N3O.C2H6/c1-5-4-6-2-3-11-9(13)7(6)8(10)12-5;1-2/h2-4H,1H3,(H2,10,12)(H,11,13);1-2H3. The molecule has 0 atom stereocenters. The third kappa shape index (κ3) is 2.15. The summed E-state index contributed by atoms with van der Waals surface area (Å²) in [5, 5.41) is 1.29. The first-order chi connectivity index (χ1) is 7.18. The molecule has 0 bridgehead atoms. The molecule has 0 saturated heterocycles. The lowest BCUT2D eigenvalue weighted by Gasteiger charge is -2.00. The Morgan fingerprint density at radius 2 is 2.07 bits per heavy atom. The number of aromatic amines is 1. The fourth-order valence-corrected chi connectivity index (χ4v) is 1.38. The molecule has 0 unspecified atom stereocenters. The maximum absolute atomic E-state index is 11.3. The Balaban J connectivity index is 0.000000531. The molecule has 2 heterocycles. The normalized spacial score (nSPS) is 9.53. The molecule has 0 saturated carbocycles. The van der Waals surface area contributed by atoms with E-state index in [0.29, 0.717) is 5.39 Å². The number of nitrogens with one attached hydrogen (secondary N) is 1. The number of aromatic nitrogens is 2. The van der Waals surface area contributed by atoms with E-state index in [0.717, 1.165) is 11.1 Å². The van der Waals surface area contributed by atoms with Crippen molar-refractivity contribution in [2.24, 2.45) is 0 Å². The number of hydrogen-bond acceptors (Lipinski definition) is 3. The summed E-state index contributed by atoms with van der Waals surface area (Å²) < 4.78 is 0. The minimum atomic E-state index is -0.192. The third-order valence-corrected chi connectivity index (χ3v) is 1.91. The van der Waals surface area contributed by atoms with Gasteiger partial charge in [-0.1, -0.05) is 13.8 Å². The molecule has 0 radical (unpaired) electrons. The molecule has 0 aromatic carbocycles. The first-order valence-corrected chi connectivity index (χ1v) is 4.93. The highest BCUT2D eigenvalue weighted by atomic mass is 16.1. The van der Waals surface area contributed by atoms with Gasteiger partial charge >= 0.3 is 0 Å². The Morgan fingerprint density at radius 3 is 2.73 bits per heavy atom. The van der Waals surface area contributed by atoms with Crippen molar-refractivity contribution < 1.29 is 0 Å². The summed E-state index contributed by atoms with van der Waals surface area (Å²) in [6.07, 6.45) is 1.60. The molecule has 0 amide bonds. The van der Waals surface area contributed by atoms with Gasteiger partial charge < -0.3 is 10.7 Å². The van der Waals surface area contributed by atoms with Gasteiger partial charge in [-0.15, -0.1) is 0 Å². The van der Waals surface area contributed by atoms with Gasteiger partial charge in [0.2, 0.25) is 0 Å². The predicted molar refractivity (Wildman–Crippen MR) is 62.9 cm³/mol. The number of fused-ring (bicyclic) bond motifs is 1. The summed E-state index contributed by atoms with van der Waals surface area (Å²) in [6, 6.07) is 3.64. The van der Waals surface area contributed by atoms with Crippen molar-refractivity contribution in [2.75, 3.05) is 5.73 Å². The SMILES string of the molecule is CC.Cc1cc2cc[nH]c(=O)c2c(N)n1. The van der Waals surface area contributed by atoms with E-state index in [2.05, 4.69) is 9.97 Å². The summed E-state index contributed by atoms with van der Waals surface area (Å²) in [5.41, 5.74) is 6.25. The second-order valence-electron chi connectivity index (χ2n) is 2.92. The fraction of sp³-hybridized carbons (Fsp3) is 0.273. The second kappa shape index (κ2) is 4.59. The molecule has 0 aliphatic rings. The van der Waals surface area contributed by atoms with Gasteiger partial charge in [0.15, 0.2) is 0 Å². The van der Waals surface area contributed by atoms with Gasteiger partial charge in [-0.3, -0.25) is 4.79 Å². The van der Waals surface area contributed by atoms with Crippen LogP contribution in [0.5, 0.6) is 0 Å². The molecule has 80 valence electrons. The number of aryl methyl sites for hydroxylation is 1. The van der Waals surface area contributed by atoms with Crippen LogP contribution in [0.2, 0.25) is 0 Å². The minimum Gasteiger partial charge on any atom is -0.383 e.